The number of amides is 1. The number of hydrogen-bond acceptors (Lipinski definition) is 3. The second-order valence-electron chi connectivity index (χ2n) is 6.42. The second kappa shape index (κ2) is 7.87. The summed E-state index contributed by atoms with van der Waals surface area (Å²) in [6.45, 7) is 3.87. The van der Waals surface area contributed by atoms with Gasteiger partial charge in [0.2, 0.25) is 5.91 Å². The van der Waals surface area contributed by atoms with Crippen molar-refractivity contribution in [2.75, 3.05) is 5.32 Å². The van der Waals surface area contributed by atoms with Gasteiger partial charge in [-0.2, -0.15) is 0 Å². The zero-order chi connectivity index (χ0) is 18.5. The summed E-state index contributed by atoms with van der Waals surface area (Å²) in [6.07, 6.45) is 0.612. The molecule has 5 nitrogen and oxygen atoms in total. The normalized spacial score (nSPS) is 10.9. The van der Waals surface area contributed by atoms with E-state index < -0.39 is 0 Å². The summed E-state index contributed by atoms with van der Waals surface area (Å²) in [6, 6.07) is 16.8. The van der Waals surface area contributed by atoms with Crippen molar-refractivity contribution < 1.29 is 9.53 Å². The van der Waals surface area contributed by atoms with Crippen molar-refractivity contribution in [1.29, 1.82) is 0 Å². The number of H-pyrrole nitrogens is 1. The van der Waals surface area contributed by atoms with Gasteiger partial charge in [0.1, 0.15) is 5.75 Å². The van der Waals surface area contributed by atoms with Crippen LogP contribution in [0.15, 0.2) is 59.4 Å². The van der Waals surface area contributed by atoms with Crippen LogP contribution in [0.1, 0.15) is 25.8 Å². The van der Waals surface area contributed by atoms with Crippen molar-refractivity contribution in [2.24, 2.45) is 0 Å². The fourth-order valence-corrected chi connectivity index (χ4v) is 2.77. The molecule has 2 N–H and O–H groups in total. The zero-order valence-electron chi connectivity index (χ0n) is 14.9. The average Bonchev–Trinajstić information content (AvgIpc) is 2.61. The Morgan fingerprint density at radius 2 is 1.85 bits per heavy atom. The van der Waals surface area contributed by atoms with Gasteiger partial charge in [-0.25, -0.2) is 0 Å². The summed E-state index contributed by atoms with van der Waals surface area (Å²) in [4.78, 5) is 27.3. The second-order valence-corrected chi connectivity index (χ2v) is 6.42. The number of aromatic amines is 1. The maximum absolute atomic E-state index is 12.3. The van der Waals surface area contributed by atoms with Crippen molar-refractivity contribution >= 4 is 22.5 Å². The fourth-order valence-electron chi connectivity index (χ4n) is 2.77. The van der Waals surface area contributed by atoms with E-state index in [0.717, 1.165) is 10.9 Å². The molecule has 0 atom stereocenters. The number of carbonyl (C=O) groups excluding carboxylic acids is 1. The highest BCUT2D eigenvalue weighted by Crippen LogP contribution is 2.25. The number of ether oxygens (including phenoxy) is 1. The molecule has 0 aliphatic heterocycles. The Labute approximate surface area is 152 Å². The van der Waals surface area contributed by atoms with Crippen molar-refractivity contribution in [3.63, 3.8) is 0 Å². The van der Waals surface area contributed by atoms with Gasteiger partial charge >= 0.3 is 0 Å². The lowest BCUT2D eigenvalue weighted by molar-refractivity contribution is -0.116. The van der Waals surface area contributed by atoms with Crippen molar-refractivity contribution in [3.05, 3.63) is 70.5 Å². The SMILES string of the molecule is CC(C)Oc1ccccc1NC(=O)CCc1cc2ccccc2[nH]c1=O. The Balaban J connectivity index is 1.68. The van der Waals surface area contributed by atoms with Gasteiger partial charge in [0.05, 0.1) is 11.8 Å². The van der Waals surface area contributed by atoms with E-state index in [1.165, 1.54) is 0 Å². The van der Waals surface area contributed by atoms with E-state index in [0.29, 0.717) is 23.4 Å². The topological polar surface area (TPSA) is 71.2 Å². The van der Waals surface area contributed by atoms with Gasteiger partial charge in [-0.1, -0.05) is 30.3 Å². The number of hydrogen-bond donors (Lipinski definition) is 2. The lowest BCUT2D eigenvalue weighted by atomic mass is 10.1. The molecule has 1 aromatic heterocycles. The van der Waals surface area contributed by atoms with Gasteiger partial charge in [-0.15, -0.1) is 0 Å². The number of carbonyl (C=O) groups is 1. The first-order valence-corrected chi connectivity index (χ1v) is 8.69. The Bertz CT molecular complexity index is 976. The molecular weight excluding hydrogens is 328 g/mol. The molecule has 0 aliphatic rings. The standard InChI is InChI=1S/C21H22N2O3/c1-14(2)26-19-10-6-5-9-18(19)22-20(24)12-11-16-13-15-7-3-4-8-17(15)23-21(16)25/h3-10,13-14H,11-12H2,1-2H3,(H,22,24)(H,23,25). The van der Waals surface area contributed by atoms with E-state index in [2.05, 4.69) is 10.3 Å². The minimum Gasteiger partial charge on any atom is -0.489 e. The fraction of sp³-hybridized carbons (Fsp3) is 0.238. The maximum atomic E-state index is 12.3. The Morgan fingerprint density at radius 3 is 2.65 bits per heavy atom. The molecule has 0 spiro atoms. The number of rotatable bonds is 6. The molecule has 1 heterocycles. The first-order chi connectivity index (χ1) is 12.5. The van der Waals surface area contributed by atoms with Crippen molar-refractivity contribution in [2.45, 2.75) is 32.8 Å². The first-order valence-electron chi connectivity index (χ1n) is 8.69. The van der Waals surface area contributed by atoms with Gasteiger partial charge in [-0.05, 0) is 49.9 Å². The molecule has 3 rings (SSSR count). The summed E-state index contributed by atoms with van der Waals surface area (Å²) in [5.74, 6) is 0.483. The van der Waals surface area contributed by atoms with Gasteiger partial charge in [0.25, 0.3) is 5.56 Å². The van der Waals surface area contributed by atoms with Crippen LogP contribution in [-0.4, -0.2) is 17.0 Å². The van der Waals surface area contributed by atoms with E-state index in [1.54, 1.807) is 6.07 Å². The van der Waals surface area contributed by atoms with Crippen LogP contribution in [0.5, 0.6) is 5.75 Å². The summed E-state index contributed by atoms with van der Waals surface area (Å²) >= 11 is 0. The highest BCUT2D eigenvalue weighted by atomic mass is 16.5. The predicted octanol–water partition coefficient (Wildman–Crippen LogP) is 3.89. The van der Waals surface area contributed by atoms with Gasteiger partial charge in [-0.3, -0.25) is 9.59 Å². The summed E-state index contributed by atoms with van der Waals surface area (Å²) in [5, 5.41) is 3.82. The number of nitrogens with one attached hydrogen (secondary N) is 2. The minimum absolute atomic E-state index is 0.0178. The Morgan fingerprint density at radius 1 is 1.12 bits per heavy atom. The molecular formula is C21H22N2O3. The molecule has 134 valence electrons. The smallest absolute Gasteiger partial charge is 0.251 e. The van der Waals surface area contributed by atoms with Crippen LogP contribution >= 0.6 is 0 Å². The number of fused-ring (bicyclic) bond motifs is 1. The van der Waals surface area contributed by atoms with Gasteiger partial charge in [0.15, 0.2) is 0 Å². The molecule has 3 aromatic rings. The minimum atomic E-state index is -0.155. The number of pyridine rings is 1. The van der Waals surface area contributed by atoms with Crippen LogP contribution in [0.2, 0.25) is 0 Å². The van der Waals surface area contributed by atoms with Crippen LogP contribution in [0.4, 0.5) is 5.69 Å². The molecule has 1 amide bonds. The number of anilines is 1. The largest absolute Gasteiger partial charge is 0.489 e. The third kappa shape index (κ3) is 4.30. The lowest BCUT2D eigenvalue weighted by Crippen LogP contribution is -2.18. The monoisotopic (exact) mass is 350 g/mol. The van der Waals surface area contributed by atoms with E-state index in [1.807, 2.05) is 62.4 Å². The van der Waals surface area contributed by atoms with Gasteiger partial charge in [0, 0.05) is 17.5 Å². The van der Waals surface area contributed by atoms with Crippen LogP contribution < -0.4 is 15.6 Å². The number of aryl methyl sites for hydroxylation is 1. The third-order valence-electron chi connectivity index (χ3n) is 3.98. The maximum Gasteiger partial charge on any atom is 0.251 e. The third-order valence-corrected chi connectivity index (χ3v) is 3.98. The van der Waals surface area contributed by atoms with Gasteiger partial charge < -0.3 is 15.0 Å². The number of benzene rings is 2. The average molecular weight is 350 g/mol. The molecule has 0 bridgehead atoms. The van der Waals surface area contributed by atoms with E-state index in [9.17, 15) is 9.59 Å². The molecule has 26 heavy (non-hydrogen) atoms. The first kappa shape index (κ1) is 17.7. The molecule has 5 heteroatoms. The summed E-state index contributed by atoms with van der Waals surface area (Å²) in [5.41, 5.74) is 1.88. The van der Waals surface area contributed by atoms with Crippen molar-refractivity contribution in [1.82, 2.24) is 4.98 Å². The highest BCUT2D eigenvalue weighted by molar-refractivity contribution is 5.92. The Kier molecular flexibility index (Phi) is 5.37. The van der Waals surface area contributed by atoms with E-state index in [-0.39, 0.29) is 24.0 Å². The van der Waals surface area contributed by atoms with E-state index in [4.69, 9.17) is 4.74 Å². The zero-order valence-corrected chi connectivity index (χ0v) is 14.9. The van der Waals surface area contributed by atoms with Crippen molar-refractivity contribution in [3.8, 4) is 5.75 Å². The molecule has 0 unspecified atom stereocenters. The molecule has 2 aromatic carbocycles. The quantitative estimate of drug-likeness (QED) is 0.708. The number of aromatic nitrogens is 1. The predicted molar refractivity (Wildman–Crippen MR) is 104 cm³/mol. The summed E-state index contributed by atoms with van der Waals surface area (Å²) < 4.78 is 5.71. The van der Waals surface area contributed by atoms with Crippen LogP contribution in [-0.2, 0) is 11.2 Å². The number of para-hydroxylation sites is 3. The molecule has 0 aliphatic carbocycles. The lowest BCUT2D eigenvalue weighted by Gasteiger charge is -2.14. The summed E-state index contributed by atoms with van der Waals surface area (Å²) in [7, 11) is 0. The molecule has 0 radical (unpaired) electrons. The molecule has 0 fully saturated rings. The highest BCUT2D eigenvalue weighted by Gasteiger charge is 2.10. The Hall–Kier alpha value is -3.08. The molecule has 0 saturated carbocycles. The van der Waals surface area contributed by atoms with Crippen LogP contribution in [0.3, 0.4) is 0 Å². The van der Waals surface area contributed by atoms with E-state index >= 15 is 0 Å². The van der Waals surface area contributed by atoms with Crippen LogP contribution in [0, 0.1) is 0 Å². The molecule has 0 saturated heterocycles. The van der Waals surface area contributed by atoms with Crippen LogP contribution in [0.25, 0.3) is 10.9 Å².